The van der Waals surface area contributed by atoms with Crippen LogP contribution in [0.15, 0.2) is 67.0 Å². The third kappa shape index (κ3) is 4.41. The molecule has 0 saturated carbocycles. The van der Waals surface area contributed by atoms with Gasteiger partial charge >= 0.3 is 6.03 Å². The number of nitrogens with one attached hydrogen (secondary N) is 2. The van der Waals surface area contributed by atoms with Crippen LogP contribution in [0.1, 0.15) is 5.56 Å². The van der Waals surface area contributed by atoms with E-state index in [2.05, 4.69) is 15.7 Å². The smallest absolute Gasteiger partial charge is 0.308 e. The van der Waals surface area contributed by atoms with E-state index in [0.717, 1.165) is 5.56 Å². The van der Waals surface area contributed by atoms with Crippen molar-refractivity contribution in [2.75, 3.05) is 10.6 Å². The molecule has 0 aliphatic heterocycles. The Morgan fingerprint density at radius 1 is 1.04 bits per heavy atom. The molecule has 0 aliphatic carbocycles. The number of rotatable bonds is 5. The molecule has 1 aromatic heterocycles. The maximum atomic E-state index is 12.0. The molecule has 25 heavy (non-hydrogen) atoms. The van der Waals surface area contributed by atoms with E-state index in [-0.39, 0.29) is 5.69 Å². The van der Waals surface area contributed by atoms with Crippen molar-refractivity contribution in [2.45, 2.75) is 6.54 Å². The number of nitro benzene ring substituents is 1. The molecule has 0 fully saturated rings. The molecule has 0 bridgehead atoms. The fraction of sp³-hybridized carbons (Fsp3) is 0.0588. The van der Waals surface area contributed by atoms with Gasteiger partial charge in [-0.15, -0.1) is 0 Å². The minimum absolute atomic E-state index is 0.0341. The number of carbonyl (C=O) groups excluding carboxylic acids is 1. The highest BCUT2D eigenvalue weighted by atomic mass is 16.6. The summed E-state index contributed by atoms with van der Waals surface area (Å²) in [7, 11) is 0. The molecule has 0 radical (unpaired) electrons. The Morgan fingerprint density at radius 3 is 2.40 bits per heavy atom. The number of hydrogen-bond donors (Lipinski definition) is 2. The first-order valence-electron chi connectivity index (χ1n) is 7.49. The van der Waals surface area contributed by atoms with Crippen LogP contribution in [-0.4, -0.2) is 20.7 Å². The van der Waals surface area contributed by atoms with Crippen molar-refractivity contribution in [3.05, 3.63) is 82.7 Å². The summed E-state index contributed by atoms with van der Waals surface area (Å²) < 4.78 is 1.72. The van der Waals surface area contributed by atoms with Crippen molar-refractivity contribution < 1.29 is 9.72 Å². The van der Waals surface area contributed by atoms with Gasteiger partial charge in [-0.25, -0.2) is 4.79 Å². The lowest BCUT2D eigenvalue weighted by atomic mass is 10.2. The Kier molecular flexibility index (Phi) is 4.70. The minimum Gasteiger partial charge on any atom is -0.308 e. The van der Waals surface area contributed by atoms with E-state index in [9.17, 15) is 14.9 Å². The summed E-state index contributed by atoms with van der Waals surface area (Å²) in [6, 6.07) is 15.0. The number of anilines is 2. The normalized spacial score (nSPS) is 10.2. The van der Waals surface area contributed by atoms with Gasteiger partial charge in [-0.1, -0.05) is 30.3 Å². The van der Waals surface area contributed by atoms with E-state index in [4.69, 9.17) is 0 Å². The molecule has 126 valence electrons. The molecule has 2 N–H and O–H groups in total. The largest absolute Gasteiger partial charge is 0.323 e. The first-order valence-corrected chi connectivity index (χ1v) is 7.49. The number of amides is 2. The van der Waals surface area contributed by atoms with Crippen LogP contribution in [0, 0.1) is 10.1 Å². The molecule has 0 unspecified atom stereocenters. The fourth-order valence-electron chi connectivity index (χ4n) is 2.24. The minimum atomic E-state index is -0.495. The van der Waals surface area contributed by atoms with E-state index in [1.807, 2.05) is 30.3 Å². The molecule has 1 heterocycles. The average molecular weight is 337 g/mol. The van der Waals surface area contributed by atoms with Gasteiger partial charge in [0.2, 0.25) is 0 Å². The second-order valence-corrected chi connectivity index (χ2v) is 5.30. The van der Waals surface area contributed by atoms with Gasteiger partial charge in [0, 0.05) is 24.0 Å². The Labute approximate surface area is 143 Å². The topological polar surface area (TPSA) is 102 Å². The zero-order chi connectivity index (χ0) is 17.6. The Balaban J connectivity index is 1.57. The van der Waals surface area contributed by atoms with E-state index in [1.54, 1.807) is 17.1 Å². The molecule has 3 aromatic rings. The lowest BCUT2D eigenvalue weighted by molar-refractivity contribution is -0.384. The number of nitro groups is 1. The van der Waals surface area contributed by atoms with E-state index in [1.165, 1.54) is 24.3 Å². The Bertz CT molecular complexity index is 875. The van der Waals surface area contributed by atoms with Gasteiger partial charge in [-0.3, -0.25) is 14.8 Å². The molecule has 0 aliphatic rings. The highest BCUT2D eigenvalue weighted by molar-refractivity contribution is 5.99. The predicted octanol–water partition coefficient (Wildman–Crippen LogP) is 3.48. The zero-order valence-corrected chi connectivity index (χ0v) is 13.1. The lowest BCUT2D eigenvalue weighted by Crippen LogP contribution is -2.19. The summed E-state index contributed by atoms with van der Waals surface area (Å²) in [5, 5.41) is 20.1. The third-order valence-electron chi connectivity index (χ3n) is 3.41. The molecule has 0 atom stereocenters. The van der Waals surface area contributed by atoms with Crippen molar-refractivity contribution >= 4 is 23.1 Å². The van der Waals surface area contributed by atoms with Gasteiger partial charge in [-0.2, -0.15) is 5.10 Å². The summed E-state index contributed by atoms with van der Waals surface area (Å²) in [5.74, 6) is 0. The summed E-state index contributed by atoms with van der Waals surface area (Å²) in [4.78, 5) is 22.1. The molecule has 0 spiro atoms. The molecule has 2 aromatic carbocycles. The molecular formula is C17H15N5O3. The van der Waals surface area contributed by atoms with Crippen molar-refractivity contribution in [3.63, 3.8) is 0 Å². The standard InChI is InChI=1S/C17H15N5O3/c23-17(19-14-6-8-16(9-7-14)22(24)25)20-15-10-18-21(12-15)11-13-4-2-1-3-5-13/h1-10,12H,11H2,(H2,19,20,23). The molecule has 3 rings (SSSR count). The van der Waals surface area contributed by atoms with Gasteiger partial charge in [0.1, 0.15) is 0 Å². The summed E-state index contributed by atoms with van der Waals surface area (Å²) >= 11 is 0. The van der Waals surface area contributed by atoms with Crippen LogP contribution in [0.25, 0.3) is 0 Å². The SMILES string of the molecule is O=C(Nc1ccc([N+](=O)[O-])cc1)Nc1cnn(Cc2ccccc2)c1. The number of benzene rings is 2. The molecule has 2 amide bonds. The Hall–Kier alpha value is -3.68. The monoisotopic (exact) mass is 337 g/mol. The highest BCUT2D eigenvalue weighted by Crippen LogP contribution is 2.16. The van der Waals surface area contributed by atoms with Crippen LogP contribution in [0.2, 0.25) is 0 Å². The maximum absolute atomic E-state index is 12.0. The Morgan fingerprint density at radius 2 is 1.72 bits per heavy atom. The first kappa shape index (κ1) is 16.2. The molecule has 8 nitrogen and oxygen atoms in total. The van der Waals surface area contributed by atoms with Gasteiger partial charge in [0.15, 0.2) is 0 Å². The molecule has 8 heteroatoms. The quantitative estimate of drug-likeness (QED) is 0.549. The summed E-state index contributed by atoms with van der Waals surface area (Å²) in [6.07, 6.45) is 3.28. The van der Waals surface area contributed by atoms with E-state index >= 15 is 0 Å². The van der Waals surface area contributed by atoms with Crippen LogP contribution in [-0.2, 0) is 6.54 Å². The molecule has 0 saturated heterocycles. The van der Waals surface area contributed by atoms with Crippen LogP contribution >= 0.6 is 0 Å². The van der Waals surface area contributed by atoms with Crippen LogP contribution in [0.4, 0.5) is 21.9 Å². The fourth-order valence-corrected chi connectivity index (χ4v) is 2.24. The summed E-state index contributed by atoms with van der Waals surface area (Å²) in [6.45, 7) is 0.604. The van der Waals surface area contributed by atoms with Gasteiger partial charge < -0.3 is 10.6 Å². The van der Waals surface area contributed by atoms with Crippen LogP contribution in [0.5, 0.6) is 0 Å². The maximum Gasteiger partial charge on any atom is 0.323 e. The van der Waals surface area contributed by atoms with Crippen molar-refractivity contribution in [1.82, 2.24) is 9.78 Å². The number of aromatic nitrogens is 2. The van der Waals surface area contributed by atoms with Crippen LogP contribution < -0.4 is 10.6 Å². The van der Waals surface area contributed by atoms with E-state index in [0.29, 0.717) is 17.9 Å². The van der Waals surface area contributed by atoms with Crippen molar-refractivity contribution in [2.24, 2.45) is 0 Å². The van der Waals surface area contributed by atoms with E-state index < -0.39 is 11.0 Å². The number of non-ortho nitro benzene ring substituents is 1. The van der Waals surface area contributed by atoms with Gasteiger partial charge in [-0.05, 0) is 17.7 Å². The summed E-state index contributed by atoms with van der Waals surface area (Å²) in [5.41, 5.74) is 2.08. The second-order valence-electron chi connectivity index (χ2n) is 5.30. The van der Waals surface area contributed by atoms with Gasteiger partial charge in [0.25, 0.3) is 5.69 Å². The number of urea groups is 1. The first-order chi connectivity index (χ1) is 12.1. The van der Waals surface area contributed by atoms with Gasteiger partial charge in [0.05, 0.1) is 23.4 Å². The van der Waals surface area contributed by atoms with Crippen molar-refractivity contribution in [3.8, 4) is 0 Å². The second kappa shape index (κ2) is 7.26. The number of nitrogens with zero attached hydrogens (tertiary/aromatic N) is 3. The number of carbonyl (C=O) groups is 1. The number of hydrogen-bond acceptors (Lipinski definition) is 4. The molecular weight excluding hydrogens is 322 g/mol. The third-order valence-corrected chi connectivity index (χ3v) is 3.41. The zero-order valence-electron chi connectivity index (χ0n) is 13.1. The lowest BCUT2D eigenvalue weighted by Gasteiger charge is -2.05. The van der Waals surface area contributed by atoms with Crippen molar-refractivity contribution in [1.29, 1.82) is 0 Å². The highest BCUT2D eigenvalue weighted by Gasteiger charge is 2.08. The predicted molar refractivity (Wildman–Crippen MR) is 93.5 cm³/mol. The average Bonchev–Trinajstić information content (AvgIpc) is 3.03. The van der Waals surface area contributed by atoms with Crippen LogP contribution in [0.3, 0.4) is 0 Å².